The van der Waals surface area contributed by atoms with Gasteiger partial charge in [0.25, 0.3) is 5.01 Å². The summed E-state index contributed by atoms with van der Waals surface area (Å²) in [5.74, 6) is -0.906. The number of carbonyl (C=O) groups excluding carboxylic acids is 1. The van der Waals surface area contributed by atoms with E-state index in [1.807, 2.05) is 12.1 Å². The number of hydrogen-bond donors (Lipinski definition) is 1. The van der Waals surface area contributed by atoms with E-state index in [0.717, 1.165) is 37.4 Å². The van der Waals surface area contributed by atoms with Crippen molar-refractivity contribution in [1.29, 1.82) is 0 Å². The third kappa shape index (κ3) is 6.56. The molecule has 36 heavy (non-hydrogen) atoms. The third-order valence-corrected chi connectivity index (χ3v) is 8.27. The van der Waals surface area contributed by atoms with E-state index in [0.29, 0.717) is 12.8 Å². The van der Waals surface area contributed by atoms with Crippen LogP contribution in [-0.4, -0.2) is 30.7 Å². The lowest BCUT2D eigenvalue weighted by atomic mass is 10.2. The highest BCUT2D eigenvalue weighted by Crippen LogP contribution is 2.45. The van der Waals surface area contributed by atoms with E-state index in [2.05, 4.69) is 64.1 Å². The minimum Gasteiger partial charge on any atom is -0.481 e. The highest BCUT2D eigenvalue weighted by atomic mass is 32.2. The van der Waals surface area contributed by atoms with Gasteiger partial charge >= 0.3 is 11.9 Å². The Bertz CT molecular complexity index is 1280. The number of aromatic nitrogens is 1. The molecule has 188 valence electrons. The van der Waals surface area contributed by atoms with Crippen LogP contribution in [0.15, 0.2) is 70.6 Å². The number of anilines is 1. The molecule has 0 saturated heterocycles. The quantitative estimate of drug-likeness (QED) is 0.172. The monoisotopic (exact) mass is 523 g/mol. The maximum absolute atomic E-state index is 11.5. The SMILES string of the molecule is COC(=O)CCCC[n+]1c(C=CC=C2Sc3ccccc3N2CCCCC(=O)O)sc2ccccc21. The van der Waals surface area contributed by atoms with E-state index in [9.17, 15) is 9.59 Å². The zero-order valence-corrected chi connectivity index (χ0v) is 22.0. The first kappa shape index (κ1) is 26.0. The maximum atomic E-state index is 11.5. The average Bonchev–Trinajstić information content (AvgIpc) is 3.41. The number of benzene rings is 2. The van der Waals surface area contributed by atoms with Gasteiger partial charge in [0.05, 0.1) is 17.8 Å². The molecule has 4 rings (SSSR count). The average molecular weight is 524 g/mol. The van der Waals surface area contributed by atoms with Crippen molar-refractivity contribution >= 4 is 57.0 Å². The van der Waals surface area contributed by atoms with Crippen molar-refractivity contribution in [1.82, 2.24) is 0 Å². The summed E-state index contributed by atoms with van der Waals surface area (Å²) in [4.78, 5) is 25.9. The second-order valence-corrected chi connectivity index (χ2v) is 10.7. The van der Waals surface area contributed by atoms with Crippen LogP contribution in [0, 0.1) is 0 Å². The van der Waals surface area contributed by atoms with E-state index >= 15 is 0 Å². The van der Waals surface area contributed by atoms with Gasteiger partial charge in [-0.2, -0.15) is 4.57 Å². The lowest BCUT2D eigenvalue weighted by molar-refractivity contribution is -0.669. The van der Waals surface area contributed by atoms with Crippen molar-refractivity contribution in [2.24, 2.45) is 0 Å². The van der Waals surface area contributed by atoms with Crippen molar-refractivity contribution in [2.45, 2.75) is 50.0 Å². The summed E-state index contributed by atoms with van der Waals surface area (Å²) in [6.07, 6.45) is 10.2. The molecule has 0 atom stereocenters. The number of ether oxygens (including phenoxy) is 1. The number of rotatable bonds is 12. The van der Waals surface area contributed by atoms with Crippen LogP contribution >= 0.6 is 23.1 Å². The molecule has 0 spiro atoms. The van der Waals surface area contributed by atoms with Crippen LogP contribution in [0.1, 0.15) is 43.5 Å². The number of fused-ring (bicyclic) bond motifs is 2. The van der Waals surface area contributed by atoms with Gasteiger partial charge < -0.3 is 14.7 Å². The lowest BCUT2D eigenvalue weighted by Gasteiger charge is -2.20. The third-order valence-electron chi connectivity index (χ3n) is 6.01. The number of unbranched alkanes of at least 4 members (excludes halogenated alkanes) is 2. The summed E-state index contributed by atoms with van der Waals surface area (Å²) in [5, 5.41) is 11.3. The van der Waals surface area contributed by atoms with Crippen LogP contribution in [0.25, 0.3) is 16.3 Å². The number of methoxy groups -OCH3 is 1. The van der Waals surface area contributed by atoms with Crippen LogP contribution in [0.4, 0.5) is 5.69 Å². The van der Waals surface area contributed by atoms with Crippen molar-refractivity contribution in [3.8, 4) is 0 Å². The minimum atomic E-state index is -0.744. The summed E-state index contributed by atoms with van der Waals surface area (Å²) in [6, 6.07) is 16.7. The van der Waals surface area contributed by atoms with E-state index in [4.69, 9.17) is 9.84 Å². The van der Waals surface area contributed by atoms with Crippen molar-refractivity contribution in [2.75, 3.05) is 18.6 Å². The molecule has 1 N–H and O–H groups in total. The summed E-state index contributed by atoms with van der Waals surface area (Å²) in [5.41, 5.74) is 2.38. The number of aryl methyl sites for hydroxylation is 1. The van der Waals surface area contributed by atoms with Gasteiger partial charge in [-0.05, 0) is 43.5 Å². The highest BCUT2D eigenvalue weighted by Gasteiger charge is 2.24. The van der Waals surface area contributed by atoms with Gasteiger partial charge in [-0.1, -0.05) is 53.4 Å². The van der Waals surface area contributed by atoms with Crippen molar-refractivity contribution in [3.63, 3.8) is 0 Å². The number of allylic oxidation sites excluding steroid dienone is 2. The largest absolute Gasteiger partial charge is 0.481 e. The smallest absolute Gasteiger partial charge is 0.305 e. The van der Waals surface area contributed by atoms with E-state index in [-0.39, 0.29) is 12.4 Å². The molecule has 1 aliphatic heterocycles. The fourth-order valence-corrected chi connectivity index (χ4v) is 6.42. The van der Waals surface area contributed by atoms with Crippen LogP contribution in [-0.2, 0) is 20.9 Å². The molecular weight excluding hydrogens is 492 g/mol. The van der Waals surface area contributed by atoms with E-state index in [1.54, 1.807) is 23.1 Å². The zero-order valence-electron chi connectivity index (χ0n) is 20.4. The van der Waals surface area contributed by atoms with Gasteiger partial charge in [0.15, 0.2) is 6.54 Å². The second-order valence-electron chi connectivity index (χ2n) is 8.53. The van der Waals surface area contributed by atoms with Gasteiger partial charge in [0.1, 0.15) is 4.70 Å². The Labute approximate surface area is 219 Å². The standard InChI is InChI=1S/C28H30N2O4S2/c1-34-28(33)18-7-9-20-30-22-12-3-5-14-24(22)36-26(30)16-10-15-25-29(19-8-6-17-27(31)32)21-11-2-4-13-23(21)35-25/h2-5,10-16H,6-9,17-20H2,1H3/p+1. The summed E-state index contributed by atoms with van der Waals surface area (Å²) in [7, 11) is 1.43. The molecule has 0 radical (unpaired) electrons. The Balaban J connectivity index is 1.50. The molecule has 2 heterocycles. The van der Waals surface area contributed by atoms with Gasteiger partial charge in [0, 0.05) is 42.8 Å². The Kier molecular flexibility index (Phi) is 9.19. The molecule has 0 fully saturated rings. The van der Waals surface area contributed by atoms with Gasteiger partial charge in [0.2, 0.25) is 5.52 Å². The number of aliphatic carboxylic acids is 1. The first-order valence-corrected chi connectivity index (χ1v) is 13.8. The number of carboxylic acids is 1. The number of esters is 1. The molecule has 3 aromatic rings. The first-order chi connectivity index (χ1) is 17.6. The molecule has 6 nitrogen and oxygen atoms in total. The molecule has 2 aromatic carbocycles. The highest BCUT2D eigenvalue weighted by molar-refractivity contribution is 8.03. The fraction of sp³-hybridized carbons (Fsp3) is 0.321. The molecule has 0 amide bonds. The molecule has 1 aliphatic rings. The Morgan fingerprint density at radius 2 is 1.81 bits per heavy atom. The van der Waals surface area contributed by atoms with Crippen molar-refractivity contribution < 1.29 is 24.0 Å². The number of thiazole rings is 1. The van der Waals surface area contributed by atoms with E-state index in [1.165, 1.54) is 32.9 Å². The predicted octanol–water partition coefficient (Wildman–Crippen LogP) is 6.25. The fourth-order valence-electron chi connectivity index (χ4n) is 4.22. The van der Waals surface area contributed by atoms with Crippen LogP contribution < -0.4 is 9.47 Å². The van der Waals surface area contributed by atoms with Crippen LogP contribution in [0.5, 0.6) is 0 Å². The van der Waals surface area contributed by atoms with Gasteiger partial charge in [-0.3, -0.25) is 9.59 Å². The van der Waals surface area contributed by atoms with Crippen LogP contribution in [0.3, 0.4) is 0 Å². The zero-order chi connectivity index (χ0) is 25.3. The number of carboxylic acid groups (broad SMARTS) is 1. The number of hydrogen-bond acceptors (Lipinski definition) is 6. The normalized spacial score (nSPS) is 14.1. The number of nitrogens with zero attached hydrogens (tertiary/aromatic N) is 2. The lowest BCUT2D eigenvalue weighted by Crippen LogP contribution is -2.35. The predicted molar refractivity (Wildman–Crippen MR) is 146 cm³/mol. The summed E-state index contributed by atoms with van der Waals surface area (Å²) >= 11 is 3.51. The summed E-state index contributed by atoms with van der Waals surface area (Å²) < 4.78 is 8.33. The number of carbonyl (C=O) groups is 2. The van der Waals surface area contributed by atoms with Crippen molar-refractivity contribution in [3.05, 3.63) is 70.7 Å². The Hall–Kier alpha value is -3.10. The molecule has 0 saturated carbocycles. The minimum absolute atomic E-state index is 0.163. The second kappa shape index (κ2) is 12.7. The molecule has 0 bridgehead atoms. The van der Waals surface area contributed by atoms with E-state index < -0.39 is 5.97 Å². The molecular formula is C28H31N2O4S2+. The maximum Gasteiger partial charge on any atom is 0.305 e. The molecule has 1 aromatic heterocycles. The number of para-hydroxylation sites is 2. The molecule has 0 unspecified atom stereocenters. The van der Waals surface area contributed by atoms with Crippen LogP contribution in [0.2, 0.25) is 0 Å². The molecule has 8 heteroatoms. The first-order valence-electron chi connectivity index (χ1n) is 12.2. The topological polar surface area (TPSA) is 70.7 Å². The van der Waals surface area contributed by atoms with Gasteiger partial charge in [-0.25, -0.2) is 0 Å². The number of thioether (sulfide) groups is 1. The molecule has 0 aliphatic carbocycles. The Morgan fingerprint density at radius 1 is 1.03 bits per heavy atom. The Morgan fingerprint density at radius 3 is 2.64 bits per heavy atom. The summed E-state index contributed by atoms with van der Waals surface area (Å²) in [6.45, 7) is 1.63. The van der Waals surface area contributed by atoms with Gasteiger partial charge in [-0.15, -0.1) is 0 Å².